The molecule has 11 aromatic rings. The Balaban J connectivity index is 1.10. The van der Waals surface area contributed by atoms with E-state index < -0.39 is 0 Å². The van der Waals surface area contributed by atoms with Crippen LogP contribution >= 0.6 is 0 Å². The summed E-state index contributed by atoms with van der Waals surface area (Å²) in [4.78, 5) is 2.46. The quantitative estimate of drug-likeness (QED) is 0.139. The Hall–Kier alpha value is -8.00. The maximum absolute atomic E-state index is 2.46. The largest absolute Gasteiger partial charge is 0.309 e. The Morgan fingerprint density at radius 2 is 0.639 bits per heavy atom. The van der Waals surface area contributed by atoms with Gasteiger partial charge in [0.15, 0.2) is 0 Å². The van der Waals surface area contributed by atoms with Gasteiger partial charge in [0.1, 0.15) is 0 Å². The summed E-state index contributed by atoms with van der Waals surface area (Å²) in [5.41, 5.74) is 15.3. The Bertz CT molecular complexity index is 3250. The summed E-state index contributed by atoms with van der Waals surface area (Å²) in [7, 11) is 0. The highest BCUT2D eigenvalue weighted by Crippen LogP contribution is 2.50. The summed E-state index contributed by atoms with van der Waals surface area (Å²) in [5, 5.41) is 7.40. The highest BCUT2D eigenvalue weighted by molar-refractivity contribution is 6.22. The molecular weight excluding hydrogens is 735 g/mol. The van der Waals surface area contributed by atoms with Crippen molar-refractivity contribution >= 4 is 49.4 Å². The van der Waals surface area contributed by atoms with Crippen LogP contribution in [0.3, 0.4) is 0 Å². The molecule has 286 valence electrons. The minimum Gasteiger partial charge on any atom is -0.309 e. The van der Waals surface area contributed by atoms with Crippen LogP contribution in [0.15, 0.2) is 249 Å². The SMILES string of the molecule is c1ccc(-c2cc(-c3ccccc3)cc(-c3ccc(N(c4ccccc4)c4c(-c5ccc(-c6cccc7ccccc67)cc5)c5ccccc5c5ccccc45)cc3)c2)cc1. The van der Waals surface area contributed by atoms with Crippen molar-refractivity contribution in [2.24, 2.45) is 0 Å². The first-order valence-electron chi connectivity index (χ1n) is 21.0. The van der Waals surface area contributed by atoms with E-state index in [1.807, 2.05) is 0 Å². The Labute approximate surface area is 357 Å². The molecule has 0 N–H and O–H groups in total. The second-order valence-electron chi connectivity index (χ2n) is 15.7. The number of fused-ring (bicyclic) bond motifs is 4. The normalized spacial score (nSPS) is 11.3. The zero-order valence-corrected chi connectivity index (χ0v) is 33.6. The van der Waals surface area contributed by atoms with Crippen LogP contribution in [0.5, 0.6) is 0 Å². The highest BCUT2D eigenvalue weighted by atomic mass is 15.1. The summed E-state index contributed by atoms with van der Waals surface area (Å²) in [6, 6.07) is 90.5. The van der Waals surface area contributed by atoms with Crippen LogP contribution in [0, 0.1) is 0 Å². The van der Waals surface area contributed by atoms with Crippen molar-refractivity contribution in [1.82, 2.24) is 0 Å². The molecule has 0 radical (unpaired) electrons. The number of hydrogen-bond acceptors (Lipinski definition) is 1. The van der Waals surface area contributed by atoms with Crippen molar-refractivity contribution in [3.8, 4) is 55.6 Å². The minimum atomic E-state index is 1.09. The van der Waals surface area contributed by atoms with E-state index in [0.29, 0.717) is 0 Å². The molecule has 0 aliphatic carbocycles. The molecule has 11 rings (SSSR count). The molecule has 0 aliphatic rings. The average molecular weight is 776 g/mol. The first kappa shape index (κ1) is 36.1. The molecule has 0 atom stereocenters. The zero-order chi connectivity index (χ0) is 40.5. The molecule has 0 bridgehead atoms. The van der Waals surface area contributed by atoms with Crippen molar-refractivity contribution in [3.05, 3.63) is 249 Å². The monoisotopic (exact) mass is 775 g/mol. The van der Waals surface area contributed by atoms with Crippen LogP contribution in [-0.2, 0) is 0 Å². The Kier molecular flexibility index (Phi) is 9.26. The molecule has 0 aliphatic heterocycles. The van der Waals surface area contributed by atoms with Gasteiger partial charge in [0.25, 0.3) is 0 Å². The topological polar surface area (TPSA) is 3.24 Å². The van der Waals surface area contributed by atoms with Crippen LogP contribution in [0.4, 0.5) is 17.1 Å². The van der Waals surface area contributed by atoms with Gasteiger partial charge in [-0.1, -0.05) is 206 Å². The van der Waals surface area contributed by atoms with Crippen molar-refractivity contribution in [1.29, 1.82) is 0 Å². The van der Waals surface area contributed by atoms with E-state index in [1.54, 1.807) is 0 Å². The Morgan fingerprint density at radius 1 is 0.230 bits per heavy atom. The molecule has 11 aromatic carbocycles. The first-order chi connectivity index (χ1) is 30.3. The fourth-order valence-corrected chi connectivity index (χ4v) is 9.12. The minimum absolute atomic E-state index is 1.09. The smallest absolute Gasteiger partial charge is 0.0624 e. The standard InChI is InChI=1S/C60H41N/c1-4-17-42(18-5-1)48-39-49(43-19-6-2-7-20-43)41-50(40-48)44-35-37-52(38-36-44)61(51-23-8-3-9-24-51)60-58-29-15-13-27-56(58)55-26-12-14-28-57(55)59(60)47-33-31-46(32-34-47)54-30-16-22-45-21-10-11-25-53(45)54/h1-41H. The predicted molar refractivity (Wildman–Crippen MR) is 261 cm³/mol. The van der Waals surface area contributed by atoms with Gasteiger partial charge >= 0.3 is 0 Å². The van der Waals surface area contributed by atoms with Crippen molar-refractivity contribution in [2.75, 3.05) is 4.90 Å². The van der Waals surface area contributed by atoms with E-state index >= 15 is 0 Å². The molecule has 0 saturated heterocycles. The van der Waals surface area contributed by atoms with Gasteiger partial charge in [-0.25, -0.2) is 0 Å². The van der Waals surface area contributed by atoms with Crippen LogP contribution in [0.25, 0.3) is 88.0 Å². The molecular formula is C60H41N. The maximum atomic E-state index is 2.46. The van der Waals surface area contributed by atoms with Crippen LogP contribution in [0.1, 0.15) is 0 Å². The third kappa shape index (κ3) is 6.73. The van der Waals surface area contributed by atoms with Gasteiger partial charge in [-0.15, -0.1) is 0 Å². The van der Waals surface area contributed by atoms with Gasteiger partial charge in [-0.3, -0.25) is 0 Å². The fourth-order valence-electron chi connectivity index (χ4n) is 9.12. The average Bonchev–Trinajstić information content (AvgIpc) is 3.35. The molecule has 0 heterocycles. The molecule has 0 spiro atoms. The number of rotatable bonds is 8. The van der Waals surface area contributed by atoms with E-state index in [1.165, 1.54) is 88.0 Å². The summed E-state index contributed by atoms with van der Waals surface area (Å²) in [5.74, 6) is 0. The van der Waals surface area contributed by atoms with Gasteiger partial charge in [-0.05, 0) is 119 Å². The number of hydrogen-bond donors (Lipinski definition) is 0. The lowest BCUT2D eigenvalue weighted by atomic mass is 9.89. The first-order valence-corrected chi connectivity index (χ1v) is 21.0. The number of para-hydroxylation sites is 1. The summed E-state index contributed by atoms with van der Waals surface area (Å²) in [6.07, 6.45) is 0. The van der Waals surface area contributed by atoms with Crippen molar-refractivity contribution in [2.45, 2.75) is 0 Å². The van der Waals surface area contributed by atoms with Gasteiger partial charge in [0, 0.05) is 22.3 Å². The third-order valence-corrected chi connectivity index (χ3v) is 12.0. The maximum Gasteiger partial charge on any atom is 0.0624 e. The van der Waals surface area contributed by atoms with Crippen LogP contribution < -0.4 is 4.90 Å². The third-order valence-electron chi connectivity index (χ3n) is 12.0. The van der Waals surface area contributed by atoms with E-state index in [9.17, 15) is 0 Å². The van der Waals surface area contributed by atoms with E-state index in [2.05, 4.69) is 254 Å². The lowest BCUT2D eigenvalue weighted by molar-refractivity contribution is 1.30. The Morgan fingerprint density at radius 3 is 1.25 bits per heavy atom. The van der Waals surface area contributed by atoms with Gasteiger partial charge < -0.3 is 4.90 Å². The number of nitrogens with zero attached hydrogens (tertiary/aromatic N) is 1. The van der Waals surface area contributed by atoms with Crippen LogP contribution in [-0.4, -0.2) is 0 Å². The van der Waals surface area contributed by atoms with E-state index in [0.717, 1.165) is 17.1 Å². The van der Waals surface area contributed by atoms with Gasteiger partial charge in [0.2, 0.25) is 0 Å². The lowest BCUT2D eigenvalue weighted by Gasteiger charge is -2.30. The molecule has 0 saturated carbocycles. The molecule has 61 heavy (non-hydrogen) atoms. The molecule has 0 aromatic heterocycles. The number of anilines is 3. The second kappa shape index (κ2) is 15.6. The number of benzene rings is 11. The van der Waals surface area contributed by atoms with Gasteiger partial charge in [-0.2, -0.15) is 0 Å². The highest BCUT2D eigenvalue weighted by Gasteiger charge is 2.24. The molecule has 1 heteroatoms. The van der Waals surface area contributed by atoms with Crippen molar-refractivity contribution in [3.63, 3.8) is 0 Å². The fraction of sp³-hybridized carbons (Fsp3) is 0. The molecule has 0 amide bonds. The second-order valence-corrected chi connectivity index (χ2v) is 15.7. The van der Waals surface area contributed by atoms with Crippen LogP contribution in [0.2, 0.25) is 0 Å². The summed E-state index contributed by atoms with van der Waals surface area (Å²) < 4.78 is 0. The zero-order valence-electron chi connectivity index (χ0n) is 33.6. The predicted octanol–water partition coefficient (Wildman–Crippen LogP) is 17.0. The lowest BCUT2D eigenvalue weighted by Crippen LogP contribution is -2.12. The summed E-state index contributed by atoms with van der Waals surface area (Å²) >= 11 is 0. The van der Waals surface area contributed by atoms with E-state index in [4.69, 9.17) is 0 Å². The molecule has 0 unspecified atom stereocenters. The van der Waals surface area contributed by atoms with E-state index in [-0.39, 0.29) is 0 Å². The van der Waals surface area contributed by atoms with Gasteiger partial charge in [0.05, 0.1) is 5.69 Å². The van der Waals surface area contributed by atoms with Crippen molar-refractivity contribution < 1.29 is 0 Å². The molecule has 0 fully saturated rings. The molecule has 1 nitrogen and oxygen atoms in total. The summed E-state index contributed by atoms with van der Waals surface area (Å²) in [6.45, 7) is 0.